The molecule has 0 aromatic carbocycles. The van der Waals surface area contributed by atoms with Crippen LogP contribution in [0, 0.1) is 6.92 Å². The summed E-state index contributed by atoms with van der Waals surface area (Å²) < 4.78 is 0. The van der Waals surface area contributed by atoms with E-state index in [1.807, 2.05) is 25.1 Å². The fraction of sp³-hybridized carbons (Fsp3) is 0.267. The highest BCUT2D eigenvalue weighted by Crippen LogP contribution is 2.30. The molecule has 20 heavy (non-hydrogen) atoms. The monoisotopic (exact) mass is 268 g/mol. The SMILES string of the molecule is Cc1ccc2c(n1)Nc1ncc(C(C)C)cc1C(=O)N2. The van der Waals surface area contributed by atoms with Crippen LogP contribution in [0.1, 0.15) is 41.4 Å². The molecule has 5 heteroatoms. The number of amides is 1. The number of aryl methyl sites for hydroxylation is 1. The number of carbonyl (C=O) groups excluding carboxylic acids is 1. The number of hydrogen-bond donors (Lipinski definition) is 2. The molecule has 1 amide bonds. The molecule has 5 nitrogen and oxygen atoms in total. The Morgan fingerprint density at radius 2 is 1.95 bits per heavy atom. The lowest BCUT2D eigenvalue weighted by molar-refractivity contribution is 0.102. The zero-order valence-corrected chi connectivity index (χ0v) is 11.7. The van der Waals surface area contributed by atoms with Gasteiger partial charge in [0.25, 0.3) is 5.91 Å². The highest BCUT2D eigenvalue weighted by atomic mass is 16.1. The van der Waals surface area contributed by atoms with Crippen LogP contribution in [0.5, 0.6) is 0 Å². The molecule has 0 saturated carbocycles. The Morgan fingerprint density at radius 3 is 2.70 bits per heavy atom. The van der Waals surface area contributed by atoms with Crippen molar-refractivity contribution in [2.75, 3.05) is 10.6 Å². The Morgan fingerprint density at radius 1 is 1.15 bits per heavy atom. The maximum Gasteiger partial charge on any atom is 0.259 e. The quantitative estimate of drug-likeness (QED) is 0.833. The van der Waals surface area contributed by atoms with Gasteiger partial charge in [0.15, 0.2) is 5.82 Å². The van der Waals surface area contributed by atoms with E-state index in [0.717, 1.165) is 11.3 Å². The predicted molar refractivity (Wildman–Crippen MR) is 78.5 cm³/mol. The number of nitrogens with one attached hydrogen (secondary N) is 2. The van der Waals surface area contributed by atoms with Crippen LogP contribution >= 0.6 is 0 Å². The van der Waals surface area contributed by atoms with Gasteiger partial charge in [0.1, 0.15) is 5.82 Å². The fourth-order valence-electron chi connectivity index (χ4n) is 2.12. The van der Waals surface area contributed by atoms with E-state index in [0.29, 0.717) is 28.8 Å². The first-order chi connectivity index (χ1) is 9.54. The van der Waals surface area contributed by atoms with E-state index in [-0.39, 0.29) is 5.91 Å². The normalized spacial score (nSPS) is 13.1. The van der Waals surface area contributed by atoms with Crippen LogP contribution in [0.3, 0.4) is 0 Å². The van der Waals surface area contributed by atoms with Crippen molar-refractivity contribution in [2.24, 2.45) is 0 Å². The fourth-order valence-corrected chi connectivity index (χ4v) is 2.12. The molecule has 0 bridgehead atoms. The topological polar surface area (TPSA) is 66.9 Å². The molecule has 1 aliphatic heterocycles. The lowest BCUT2D eigenvalue weighted by Crippen LogP contribution is -2.12. The van der Waals surface area contributed by atoms with Gasteiger partial charge in [-0.1, -0.05) is 13.8 Å². The van der Waals surface area contributed by atoms with Gasteiger partial charge in [0, 0.05) is 11.9 Å². The lowest BCUT2D eigenvalue weighted by atomic mass is 10.0. The summed E-state index contributed by atoms with van der Waals surface area (Å²) in [4.78, 5) is 21.1. The third-order valence-electron chi connectivity index (χ3n) is 3.34. The van der Waals surface area contributed by atoms with E-state index >= 15 is 0 Å². The minimum atomic E-state index is -0.160. The molecule has 0 atom stereocenters. The van der Waals surface area contributed by atoms with E-state index in [4.69, 9.17) is 0 Å². The summed E-state index contributed by atoms with van der Waals surface area (Å²) in [6, 6.07) is 5.59. The zero-order valence-electron chi connectivity index (χ0n) is 11.7. The average molecular weight is 268 g/mol. The maximum absolute atomic E-state index is 12.3. The highest BCUT2D eigenvalue weighted by molar-refractivity contribution is 6.11. The number of anilines is 3. The third-order valence-corrected chi connectivity index (χ3v) is 3.34. The van der Waals surface area contributed by atoms with Crippen LogP contribution in [0.4, 0.5) is 17.3 Å². The van der Waals surface area contributed by atoms with Gasteiger partial charge in [-0.3, -0.25) is 4.79 Å². The molecule has 0 aliphatic carbocycles. The first kappa shape index (κ1) is 12.6. The van der Waals surface area contributed by atoms with E-state index in [2.05, 4.69) is 34.4 Å². The molecule has 1 aliphatic rings. The van der Waals surface area contributed by atoms with Crippen molar-refractivity contribution in [3.05, 3.63) is 41.2 Å². The Balaban J connectivity index is 2.11. The summed E-state index contributed by atoms with van der Waals surface area (Å²) in [5.74, 6) is 1.34. The van der Waals surface area contributed by atoms with Crippen molar-refractivity contribution in [1.82, 2.24) is 9.97 Å². The summed E-state index contributed by atoms with van der Waals surface area (Å²) in [5, 5.41) is 6.00. The Kier molecular flexibility index (Phi) is 2.89. The van der Waals surface area contributed by atoms with Crippen molar-refractivity contribution >= 4 is 23.2 Å². The second kappa shape index (κ2) is 4.59. The Labute approximate surface area is 117 Å². The van der Waals surface area contributed by atoms with E-state index < -0.39 is 0 Å². The molecule has 102 valence electrons. The summed E-state index contributed by atoms with van der Waals surface area (Å²) >= 11 is 0. The van der Waals surface area contributed by atoms with Crippen molar-refractivity contribution < 1.29 is 4.79 Å². The number of pyridine rings is 2. The highest BCUT2D eigenvalue weighted by Gasteiger charge is 2.21. The molecule has 0 saturated heterocycles. The molecular formula is C15H16N4O. The third kappa shape index (κ3) is 2.11. The van der Waals surface area contributed by atoms with Gasteiger partial charge in [0.05, 0.1) is 11.3 Å². The van der Waals surface area contributed by atoms with Crippen LogP contribution in [0.2, 0.25) is 0 Å². The number of fused-ring (bicyclic) bond motifs is 2. The molecule has 0 unspecified atom stereocenters. The Hall–Kier alpha value is -2.43. The van der Waals surface area contributed by atoms with Gasteiger partial charge < -0.3 is 10.6 Å². The van der Waals surface area contributed by atoms with Crippen LogP contribution in [0.25, 0.3) is 0 Å². The first-order valence-electron chi connectivity index (χ1n) is 6.60. The molecule has 3 rings (SSSR count). The largest absolute Gasteiger partial charge is 0.323 e. The summed E-state index contributed by atoms with van der Waals surface area (Å²) in [6.07, 6.45) is 1.80. The first-order valence-corrected chi connectivity index (χ1v) is 6.60. The van der Waals surface area contributed by atoms with Crippen molar-refractivity contribution in [2.45, 2.75) is 26.7 Å². The maximum atomic E-state index is 12.3. The Bertz CT molecular complexity index is 694. The number of nitrogens with zero attached hydrogens (tertiary/aromatic N) is 2. The molecule has 2 N–H and O–H groups in total. The van der Waals surface area contributed by atoms with Crippen LogP contribution in [0.15, 0.2) is 24.4 Å². The summed E-state index contributed by atoms with van der Waals surface area (Å²) in [6.45, 7) is 6.06. The van der Waals surface area contributed by atoms with E-state index in [9.17, 15) is 4.79 Å². The second-order valence-corrected chi connectivity index (χ2v) is 5.25. The van der Waals surface area contributed by atoms with Gasteiger partial charge in [0.2, 0.25) is 0 Å². The van der Waals surface area contributed by atoms with Gasteiger partial charge in [-0.05, 0) is 36.6 Å². The summed E-state index contributed by atoms with van der Waals surface area (Å²) in [7, 11) is 0. The van der Waals surface area contributed by atoms with E-state index in [1.165, 1.54) is 0 Å². The van der Waals surface area contributed by atoms with Gasteiger partial charge in [-0.15, -0.1) is 0 Å². The average Bonchev–Trinajstić information content (AvgIpc) is 2.54. The van der Waals surface area contributed by atoms with Gasteiger partial charge in [-0.25, -0.2) is 9.97 Å². The zero-order chi connectivity index (χ0) is 14.3. The van der Waals surface area contributed by atoms with Gasteiger partial charge >= 0.3 is 0 Å². The number of aromatic nitrogens is 2. The number of rotatable bonds is 1. The number of hydrogen-bond acceptors (Lipinski definition) is 4. The van der Waals surface area contributed by atoms with Crippen LogP contribution in [-0.2, 0) is 0 Å². The minimum absolute atomic E-state index is 0.160. The molecular weight excluding hydrogens is 252 g/mol. The smallest absolute Gasteiger partial charge is 0.259 e. The summed E-state index contributed by atoms with van der Waals surface area (Å²) in [5.41, 5.74) is 3.14. The van der Waals surface area contributed by atoms with Crippen LogP contribution < -0.4 is 10.6 Å². The molecule has 0 spiro atoms. The molecule has 0 radical (unpaired) electrons. The minimum Gasteiger partial charge on any atom is -0.323 e. The van der Waals surface area contributed by atoms with Crippen molar-refractivity contribution in [3.63, 3.8) is 0 Å². The number of carbonyl (C=O) groups is 1. The standard InChI is InChI=1S/C15H16N4O/c1-8(2)10-6-11-13(16-7-10)19-14-12(18-15(11)20)5-4-9(3)17-14/h4-8H,1-3H3,(H,18,20)(H,16,17,19). The molecule has 3 heterocycles. The lowest BCUT2D eigenvalue weighted by Gasteiger charge is -2.10. The van der Waals surface area contributed by atoms with Crippen LogP contribution in [-0.4, -0.2) is 15.9 Å². The van der Waals surface area contributed by atoms with Crippen molar-refractivity contribution in [3.8, 4) is 0 Å². The molecule has 2 aromatic rings. The second-order valence-electron chi connectivity index (χ2n) is 5.25. The van der Waals surface area contributed by atoms with Gasteiger partial charge in [-0.2, -0.15) is 0 Å². The predicted octanol–water partition coefficient (Wildman–Crippen LogP) is 3.22. The molecule has 2 aromatic heterocycles. The van der Waals surface area contributed by atoms with E-state index in [1.54, 1.807) is 6.20 Å². The van der Waals surface area contributed by atoms with Crippen molar-refractivity contribution in [1.29, 1.82) is 0 Å². The molecule has 0 fully saturated rings.